The molecule has 0 bridgehead atoms. The maximum atomic E-state index is 2.32. The normalized spacial score (nSPS) is 12.0. The van der Waals surface area contributed by atoms with Gasteiger partial charge in [0.15, 0.2) is 0 Å². The molecule has 0 aromatic heterocycles. The average molecular weight is 198 g/mol. The minimum absolute atomic E-state index is 0.233. The lowest BCUT2D eigenvalue weighted by Crippen LogP contribution is -2.10. The monoisotopic (exact) mass is 198 g/mol. The van der Waals surface area contributed by atoms with Crippen LogP contribution in [0.3, 0.4) is 0 Å². The highest BCUT2D eigenvalue weighted by molar-refractivity contribution is 5.86. The molecule has 0 fully saturated rings. The molecule has 78 valence electrons. The van der Waals surface area contributed by atoms with Crippen molar-refractivity contribution in [2.24, 2.45) is 0 Å². The van der Waals surface area contributed by atoms with E-state index >= 15 is 0 Å². The smallest absolute Gasteiger partial charge is 0.0132 e. The molecule has 0 spiro atoms. The maximum Gasteiger partial charge on any atom is -0.0132 e. The highest BCUT2D eigenvalue weighted by Gasteiger charge is 2.13. The predicted molar refractivity (Wildman–Crippen MR) is 67.4 cm³/mol. The summed E-state index contributed by atoms with van der Waals surface area (Å²) in [4.78, 5) is 0. The van der Waals surface area contributed by atoms with Crippen LogP contribution in [0.5, 0.6) is 0 Å². The Kier molecular flexibility index (Phi) is 2.30. The molecular weight excluding hydrogens is 180 g/mol. The van der Waals surface area contributed by atoms with Gasteiger partial charge in [-0.2, -0.15) is 0 Å². The van der Waals surface area contributed by atoms with E-state index in [4.69, 9.17) is 0 Å². The molecule has 0 heteroatoms. The van der Waals surface area contributed by atoms with Crippen LogP contribution >= 0.6 is 0 Å². The molecule has 0 N–H and O–H groups in total. The van der Waals surface area contributed by atoms with Crippen molar-refractivity contribution in [2.75, 3.05) is 0 Å². The summed E-state index contributed by atoms with van der Waals surface area (Å²) in [6.07, 6.45) is 0. The fraction of sp³-hybridized carbons (Fsp3) is 0.333. The van der Waals surface area contributed by atoms with Crippen molar-refractivity contribution in [2.45, 2.75) is 33.1 Å². The van der Waals surface area contributed by atoms with Crippen molar-refractivity contribution in [3.63, 3.8) is 0 Å². The van der Waals surface area contributed by atoms with Gasteiger partial charge in [-0.25, -0.2) is 0 Å². The molecule has 0 heterocycles. The number of benzene rings is 2. The molecule has 0 saturated carbocycles. The molecule has 0 radical (unpaired) electrons. The lowest BCUT2D eigenvalue weighted by molar-refractivity contribution is 0.591. The molecule has 0 atom stereocenters. The lowest BCUT2D eigenvalue weighted by atomic mass is 9.85. The summed E-state index contributed by atoms with van der Waals surface area (Å²) in [7, 11) is 0. The first kappa shape index (κ1) is 10.2. The van der Waals surface area contributed by atoms with E-state index in [-0.39, 0.29) is 5.41 Å². The van der Waals surface area contributed by atoms with Gasteiger partial charge in [0.05, 0.1) is 0 Å². The van der Waals surface area contributed by atoms with Gasteiger partial charge in [-0.05, 0) is 34.2 Å². The third kappa shape index (κ3) is 1.90. The summed E-state index contributed by atoms with van der Waals surface area (Å²) in [5, 5.41) is 2.72. The molecule has 0 aliphatic rings. The Labute approximate surface area is 91.9 Å². The highest BCUT2D eigenvalue weighted by atomic mass is 14.2. The Morgan fingerprint density at radius 3 is 2.33 bits per heavy atom. The van der Waals surface area contributed by atoms with Gasteiger partial charge in [0.25, 0.3) is 0 Å². The molecular formula is C15H18. The first-order valence-electron chi connectivity index (χ1n) is 5.48. The van der Waals surface area contributed by atoms with E-state index < -0.39 is 0 Å². The molecule has 0 nitrogen and oxygen atoms in total. The van der Waals surface area contributed by atoms with E-state index in [0.29, 0.717) is 0 Å². The number of hydrogen-bond acceptors (Lipinski definition) is 0. The van der Waals surface area contributed by atoms with Crippen LogP contribution in [0.15, 0.2) is 36.4 Å². The van der Waals surface area contributed by atoms with Crippen LogP contribution in [0, 0.1) is 6.92 Å². The van der Waals surface area contributed by atoms with Crippen LogP contribution in [0.2, 0.25) is 0 Å². The first-order valence-corrected chi connectivity index (χ1v) is 5.48. The van der Waals surface area contributed by atoms with Crippen LogP contribution in [-0.4, -0.2) is 0 Å². The molecule has 2 rings (SSSR count). The van der Waals surface area contributed by atoms with Crippen molar-refractivity contribution in [3.8, 4) is 0 Å². The van der Waals surface area contributed by atoms with Gasteiger partial charge in [0.1, 0.15) is 0 Å². The number of hydrogen-bond donors (Lipinski definition) is 0. The summed E-state index contributed by atoms with van der Waals surface area (Å²) in [5.41, 5.74) is 3.00. The van der Waals surface area contributed by atoms with Crippen molar-refractivity contribution in [1.29, 1.82) is 0 Å². The van der Waals surface area contributed by atoms with E-state index in [1.807, 2.05) is 0 Å². The molecule has 2 aromatic rings. The van der Waals surface area contributed by atoms with Crippen LogP contribution in [0.25, 0.3) is 10.8 Å². The summed E-state index contributed by atoms with van der Waals surface area (Å²) in [6.45, 7) is 8.94. The second kappa shape index (κ2) is 3.37. The van der Waals surface area contributed by atoms with Crippen molar-refractivity contribution in [1.82, 2.24) is 0 Å². The Bertz CT molecular complexity index is 487. The summed E-state index contributed by atoms with van der Waals surface area (Å²) < 4.78 is 0. The van der Waals surface area contributed by atoms with Gasteiger partial charge in [-0.1, -0.05) is 57.2 Å². The molecule has 0 amide bonds. The minimum atomic E-state index is 0.233. The second-order valence-corrected chi connectivity index (χ2v) is 5.26. The standard InChI is InChI=1S/C15H18/c1-11-6-5-7-12-8-9-13(10-14(11)12)15(2,3)4/h5-10H,1-4H3. The van der Waals surface area contributed by atoms with Crippen molar-refractivity contribution < 1.29 is 0 Å². The third-order valence-electron chi connectivity index (χ3n) is 2.97. The Morgan fingerprint density at radius 1 is 0.933 bits per heavy atom. The SMILES string of the molecule is Cc1cccc2ccc(C(C)(C)C)cc12. The summed E-state index contributed by atoms with van der Waals surface area (Å²) in [5.74, 6) is 0. The van der Waals surface area contributed by atoms with Gasteiger partial charge in [0.2, 0.25) is 0 Å². The average Bonchev–Trinajstić information content (AvgIpc) is 2.16. The largest absolute Gasteiger partial charge is 0.0614 e. The van der Waals surface area contributed by atoms with Gasteiger partial charge in [0, 0.05) is 0 Å². The fourth-order valence-corrected chi connectivity index (χ4v) is 1.90. The fourth-order valence-electron chi connectivity index (χ4n) is 1.90. The molecule has 15 heavy (non-hydrogen) atoms. The molecule has 2 aromatic carbocycles. The Balaban J connectivity index is 2.70. The molecule has 0 aliphatic heterocycles. The molecule has 0 aliphatic carbocycles. The maximum absolute atomic E-state index is 2.32. The van der Waals surface area contributed by atoms with Gasteiger partial charge in [-0.15, -0.1) is 0 Å². The number of rotatable bonds is 0. The van der Waals surface area contributed by atoms with Gasteiger partial charge in [-0.3, -0.25) is 0 Å². The minimum Gasteiger partial charge on any atom is -0.0614 e. The first-order chi connectivity index (χ1) is 6.98. The van der Waals surface area contributed by atoms with E-state index in [1.54, 1.807) is 0 Å². The second-order valence-electron chi connectivity index (χ2n) is 5.26. The van der Waals surface area contributed by atoms with E-state index in [0.717, 1.165) is 0 Å². The molecule has 0 saturated heterocycles. The van der Waals surface area contributed by atoms with Gasteiger partial charge >= 0.3 is 0 Å². The summed E-state index contributed by atoms with van der Waals surface area (Å²) in [6, 6.07) is 13.3. The Morgan fingerprint density at radius 2 is 1.67 bits per heavy atom. The highest BCUT2D eigenvalue weighted by Crippen LogP contribution is 2.27. The summed E-state index contributed by atoms with van der Waals surface area (Å²) >= 11 is 0. The lowest BCUT2D eigenvalue weighted by Gasteiger charge is -2.19. The van der Waals surface area contributed by atoms with Crippen LogP contribution in [0.4, 0.5) is 0 Å². The quantitative estimate of drug-likeness (QED) is 0.587. The van der Waals surface area contributed by atoms with Crippen molar-refractivity contribution >= 4 is 10.8 Å². The predicted octanol–water partition coefficient (Wildman–Crippen LogP) is 4.45. The van der Waals surface area contributed by atoms with E-state index in [9.17, 15) is 0 Å². The topological polar surface area (TPSA) is 0 Å². The van der Waals surface area contributed by atoms with Crippen molar-refractivity contribution in [3.05, 3.63) is 47.5 Å². The molecule has 0 unspecified atom stereocenters. The number of fused-ring (bicyclic) bond motifs is 1. The number of aryl methyl sites for hydroxylation is 1. The van der Waals surface area contributed by atoms with Gasteiger partial charge < -0.3 is 0 Å². The van der Waals surface area contributed by atoms with E-state index in [1.165, 1.54) is 21.9 Å². The zero-order chi connectivity index (χ0) is 11.1. The zero-order valence-electron chi connectivity index (χ0n) is 9.96. The van der Waals surface area contributed by atoms with Crippen LogP contribution in [-0.2, 0) is 5.41 Å². The van der Waals surface area contributed by atoms with E-state index in [2.05, 4.69) is 64.1 Å². The van der Waals surface area contributed by atoms with Crippen LogP contribution in [0.1, 0.15) is 31.9 Å². The Hall–Kier alpha value is -1.30. The third-order valence-corrected chi connectivity index (χ3v) is 2.97. The van der Waals surface area contributed by atoms with Crippen LogP contribution < -0.4 is 0 Å². The zero-order valence-corrected chi connectivity index (χ0v) is 9.96.